The number of rotatable bonds is 4. The second-order valence-corrected chi connectivity index (χ2v) is 7.66. The number of sulfonamides is 1. The Hall–Kier alpha value is -2.47. The third kappa shape index (κ3) is 5.53. The van der Waals surface area contributed by atoms with Crippen molar-refractivity contribution in [3.63, 3.8) is 0 Å². The van der Waals surface area contributed by atoms with Gasteiger partial charge >= 0.3 is 6.19 Å². The Kier molecular flexibility index (Phi) is 6.47. The summed E-state index contributed by atoms with van der Waals surface area (Å²) in [5.41, 5.74) is 0.141. The van der Waals surface area contributed by atoms with Crippen molar-refractivity contribution in [2.75, 3.05) is 0 Å². The van der Waals surface area contributed by atoms with Crippen molar-refractivity contribution in [3.05, 3.63) is 29.5 Å². The monoisotopic (exact) mass is 364 g/mol. The third-order valence-corrected chi connectivity index (χ3v) is 5.51. The SMILES string of the molecule is N#C[N+]([O-])=Nc1ccc(S(=O)(=O)NC(=O)C2CCCCCCC2)cc1. The summed E-state index contributed by atoms with van der Waals surface area (Å²) in [7, 11) is -3.98. The lowest BCUT2D eigenvalue weighted by Gasteiger charge is -2.19. The highest BCUT2D eigenvalue weighted by atomic mass is 32.2. The highest BCUT2D eigenvalue weighted by Crippen LogP contribution is 2.23. The van der Waals surface area contributed by atoms with Gasteiger partial charge in [0.05, 0.1) is 4.90 Å². The molecule has 0 radical (unpaired) electrons. The third-order valence-electron chi connectivity index (χ3n) is 4.15. The van der Waals surface area contributed by atoms with Gasteiger partial charge in [-0.25, -0.2) is 13.1 Å². The van der Waals surface area contributed by atoms with Gasteiger partial charge in [-0.15, -0.1) is 0 Å². The van der Waals surface area contributed by atoms with Gasteiger partial charge in [0.15, 0.2) is 5.26 Å². The van der Waals surface area contributed by atoms with Crippen LogP contribution >= 0.6 is 0 Å². The van der Waals surface area contributed by atoms with Gasteiger partial charge in [-0.2, -0.15) is 0 Å². The topological polar surface area (TPSA) is 125 Å². The second kappa shape index (κ2) is 8.58. The molecule has 1 aliphatic rings. The molecule has 25 heavy (non-hydrogen) atoms. The van der Waals surface area contributed by atoms with Crippen LogP contribution in [0.1, 0.15) is 44.9 Å². The first-order valence-corrected chi connectivity index (χ1v) is 9.66. The van der Waals surface area contributed by atoms with Crippen molar-refractivity contribution in [2.24, 2.45) is 11.0 Å². The van der Waals surface area contributed by atoms with Gasteiger partial charge in [0, 0.05) is 5.92 Å². The quantitative estimate of drug-likeness (QED) is 0.289. The molecule has 0 heterocycles. The van der Waals surface area contributed by atoms with Gasteiger partial charge in [0.25, 0.3) is 10.0 Å². The number of amides is 1. The van der Waals surface area contributed by atoms with Crippen LogP contribution in [0.3, 0.4) is 0 Å². The van der Waals surface area contributed by atoms with Gasteiger partial charge in [-0.3, -0.25) is 4.79 Å². The fourth-order valence-electron chi connectivity index (χ4n) is 2.81. The number of hydroxylamine groups is 1. The predicted molar refractivity (Wildman–Crippen MR) is 88.9 cm³/mol. The zero-order valence-corrected chi connectivity index (χ0v) is 14.5. The molecule has 8 nitrogen and oxygen atoms in total. The van der Waals surface area contributed by atoms with Crippen LogP contribution in [0.25, 0.3) is 0 Å². The van der Waals surface area contributed by atoms with E-state index < -0.39 is 15.9 Å². The van der Waals surface area contributed by atoms with Crippen molar-refractivity contribution in [1.82, 2.24) is 4.72 Å². The van der Waals surface area contributed by atoms with Crippen LogP contribution in [0.2, 0.25) is 0 Å². The Morgan fingerprint density at radius 3 is 2.28 bits per heavy atom. The normalized spacial score (nSPS) is 17.2. The van der Waals surface area contributed by atoms with E-state index in [2.05, 4.69) is 9.84 Å². The van der Waals surface area contributed by atoms with Gasteiger partial charge < -0.3 is 5.21 Å². The van der Waals surface area contributed by atoms with E-state index in [9.17, 15) is 18.4 Å². The molecule has 0 atom stereocenters. The van der Waals surface area contributed by atoms with E-state index in [4.69, 9.17) is 5.26 Å². The fraction of sp³-hybridized carbons (Fsp3) is 0.500. The molecule has 0 unspecified atom stereocenters. The smallest absolute Gasteiger partial charge is 0.485 e. The Balaban J connectivity index is 2.07. The first-order chi connectivity index (χ1) is 11.9. The predicted octanol–water partition coefficient (Wildman–Crippen LogP) is 2.93. The van der Waals surface area contributed by atoms with E-state index in [0.717, 1.165) is 32.1 Å². The molecule has 1 aromatic rings. The van der Waals surface area contributed by atoms with Crippen molar-refractivity contribution in [1.29, 1.82) is 5.26 Å². The largest absolute Gasteiger partial charge is 0.682 e. The molecule has 1 N–H and O–H groups in total. The van der Waals surface area contributed by atoms with Crippen LogP contribution in [0.5, 0.6) is 0 Å². The Morgan fingerprint density at radius 2 is 1.72 bits per heavy atom. The summed E-state index contributed by atoms with van der Waals surface area (Å²) >= 11 is 0. The standard InChI is InChI=1S/C16H20N4O4S/c17-12-20(22)18-14-8-10-15(11-9-14)25(23,24)19-16(21)13-6-4-2-1-3-5-7-13/h8-11,13H,1-7H2,(H,19,21). The zero-order valence-electron chi connectivity index (χ0n) is 13.7. The van der Waals surface area contributed by atoms with Gasteiger partial charge in [0.1, 0.15) is 5.69 Å². The van der Waals surface area contributed by atoms with Crippen LogP contribution in [-0.2, 0) is 14.8 Å². The van der Waals surface area contributed by atoms with Crippen molar-refractivity contribution >= 4 is 21.6 Å². The average molecular weight is 364 g/mol. The molecule has 1 fully saturated rings. The lowest BCUT2D eigenvalue weighted by molar-refractivity contribution is -0.433. The van der Waals surface area contributed by atoms with E-state index in [0.29, 0.717) is 12.8 Å². The van der Waals surface area contributed by atoms with E-state index in [1.165, 1.54) is 30.5 Å². The van der Waals surface area contributed by atoms with Crippen LogP contribution in [0.15, 0.2) is 34.3 Å². The van der Waals surface area contributed by atoms with Gasteiger partial charge in [-0.1, -0.05) is 42.1 Å². The lowest BCUT2D eigenvalue weighted by atomic mass is 9.91. The molecule has 0 aromatic heterocycles. The average Bonchev–Trinajstić information content (AvgIpc) is 2.54. The van der Waals surface area contributed by atoms with E-state index >= 15 is 0 Å². The second-order valence-electron chi connectivity index (χ2n) is 5.98. The molecular weight excluding hydrogens is 344 g/mol. The molecule has 1 saturated carbocycles. The van der Waals surface area contributed by atoms with Crippen molar-refractivity contribution in [3.8, 4) is 6.19 Å². The number of nitrogens with zero attached hydrogens (tertiary/aromatic N) is 3. The maximum absolute atomic E-state index is 12.3. The maximum atomic E-state index is 12.3. The minimum atomic E-state index is -3.98. The molecule has 0 saturated heterocycles. The number of azo groups is 1. The van der Waals surface area contributed by atoms with Crippen LogP contribution in [-0.4, -0.2) is 19.2 Å². The Bertz CT molecular complexity index is 773. The molecule has 1 aliphatic carbocycles. The first-order valence-electron chi connectivity index (χ1n) is 8.18. The van der Waals surface area contributed by atoms with Gasteiger partial charge in [-0.05, 0) is 37.1 Å². The summed E-state index contributed by atoms with van der Waals surface area (Å²) in [5, 5.41) is 22.6. The minimum absolute atomic E-state index is 0.0972. The summed E-state index contributed by atoms with van der Waals surface area (Å²) in [6.45, 7) is 0. The van der Waals surface area contributed by atoms with Crippen LogP contribution in [0, 0.1) is 22.6 Å². The summed E-state index contributed by atoms with van der Waals surface area (Å²) < 4.78 is 26.8. The summed E-state index contributed by atoms with van der Waals surface area (Å²) in [4.78, 5) is 12.0. The number of carbonyl (C=O) groups is 1. The van der Waals surface area contributed by atoms with Crippen LogP contribution in [0.4, 0.5) is 5.69 Å². The highest BCUT2D eigenvalue weighted by Gasteiger charge is 2.24. The number of nitriles is 1. The fourth-order valence-corrected chi connectivity index (χ4v) is 3.86. The number of hydrogen-bond acceptors (Lipinski definition) is 6. The molecule has 0 bridgehead atoms. The molecule has 9 heteroatoms. The molecule has 0 aliphatic heterocycles. The number of carbonyl (C=O) groups excluding carboxylic acids is 1. The molecule has 1 aromatic carbocycles. The highest BCUT2D eigenvalue weighted by molar-refractivity contribution is 7.90. The summed E-state index contributed by atoms with van der Waals surface area (Å²) in [6, 6.07) is 5.05. The van der Waals surface area contributed by atoms with Crippen molar-refractivity contribution in [2.45, 2.75) is 49.8 Å². The lowest BCUT2D eigenvalue weighted by Crippen LogP contribution is -2.36. The van der Waals surface area contributed by atoms with E-state index in [-0.39, 0.29) is 21.4 Å². The maximum Gasteiger partial charge on any atom is 0.485 e. The summed E-state index contributed by atoms with van der Waals surface area (Å²) in [6.07, 6.45) is 7.83. The molecular formula is C16H20N4O4S. The first kappa shape index (κ1) is 18.9. The molecule has 1 amide bonds. The van der Waals surface area contributed by atoms with E-state index in [1.54, 1.807) is 0 Å². The van der Waals surface area contributed by atoms with Gasteiger partial charge in [0.2, 0.25) is 5.91 Å². The number of nitrogens with one attached hydrogen (secondary N) is 1. The van der Waals surface area contributed by atoms with Crippen LogP contribution < -0.4 is 4.72 Å². The number of benzene rings is 1. The summed E-state index contributed by atoms with van der Waals surface area (Å²) in [5.74, 6) is -0.750. The molecule has 134 valence electrons. The number of hydrogen-bond donors (Lipinski definition) is 1. The minimum Gasteiger partial charge on any atom is -0.682 e. The Morgan fingerprint density at radius 1 is 1.16 bits per heavy atom. The zero-order chi connectivity index (χ0) is 18.3. The Labute approximate surface area is 146 Å². The van der Waals surface area contributed by atoms with E-state index in [1.807, 2.05) is 0 Å². The van der Waals surface area contributed by atoms with Crippen molar-refractivity contribution < 1.29 is 18.1 Å². The molecule has 0 spiro atoms. The molecule has 2 rings (SSSR count).